The van der Waals surface area contributed by atoms with Crippen LogP contribution in [0.15, 0.2) is 18.2 Å². The van der Waals surface area contributed by atoms with E-state index < -0.39 is 0 Å². The fourth-order valence-electron chi connectivity index (χ4n) is 2.29. The number of hydrogen-bond acceptors (Lipinski definition) is 2. The molecule has 92 valence electrons. The molecular formula is C14H17ClO2. The lowest BCUT2D eigenvalue weighted by Gasteiger charge is -2.23. The molecule has 1 aliphatic rings. The predicted octanol–water partition coefficient (Wildman–Crippen LogP) is 3.37. The Bertz CT molecular complexity index is 384. The van der Waals surface area contributed by atoms with E-state index in [1.807, 2.05) is 6.07 Å². The van der Waals surface area contributed by atoms with E-state index in [4.69, 9.17) is 16.3 Å². The minimum Gasteiger partial charge on any atom is -0.381 e. The first-order valence-electron chi connectivity index (χ1n) is 6.11. The molecule has 0 aromatic heterocycles. The van der Waals surface area contributed by atoms with E-state index in [-0.39, 0.29) is 0 Å². The molecule has 3 heteroatoms. The SMILES string of the molecule is O=CCCc1ccc(C2CCOCC2)c(Cl)c1. The van der Waals surface area contributed by atoms with Gasteiger partial charge in [0, 0.05) is 24.7 Å². The van der Waals surface area contributed by atoms with Gasteiger partial charge in [-0.05, 0) is 42.4 Å². The van der Waals surface area contributed by atoms with Gasteiger partial charge in [-0.2, -0.15) is 0 Å². The molecule has 0 saturated carbocycles. The molecule has 0 unspecified atom stereocenters. The average molecular weight is 253 g/mol. The number of rotatable bonds is 4. The van der Waals surface area contributed by atoms with Gasteiger partial charge < -0.3 is 9.53 Å². The van der Waals surface area contributed by atoms with E-state index in [0.29, 0.717) is 12.3 Å². The zero-order valence-electron chi connectivity index (χ0n) is 9.82. The second-order valence-corrected chi connectivity index (χ2v) is 4.86. The van der Waals surface area contributed by atoms with E-state index in [9.17, 15) is 4.79 Å². The summed E-state index contributed by atoms with van der Waals surface area (Å²) in [4.78, 5) is 10.3. The second kappa shape index (κ2) is 6.18. The molecule has 1 aromatic carbocycles. The summed E-state index contributed by atoms with van der Waals surface area (Å²) >= 11 is 6.31. The van der Waals surface area contributed by atoms with Crippen molar-refractivity contribution in [2.75, 3.05) is 13.2 Å². The maximum atomic E-state index is 10.3. The van der Waals surface area contributed by atoms with Crippen LogP contribution in [0, 0.1) is 0 Å². The summed E-state index contributed by atoms with van der Waals surface area (Å²) in [7, 11) is 0. The Hall–Kier alpha value is -0.860. The van der Waals surface area contributed by atoms with Crippen molar-refractivity contribution in [1.82, 2.24) is 0 Å². The molecule has 0 amide bonds. The summed E-state index contributed by atoms with van der Waals surface area (Å²) in [5.41, 5.74) is 2.36. The van der Waals surface area contributed by atoms with Gasteiger partial charge in [0.15, 0.2) is 0 Å². The van der Waals surface area contributed by atoms with E-state index in [2.05, 4.69) is 12.1 Å². The summed E-state index contributed by atoms with van der Waals surface area (Å²) in [5.74, 6) is 0.524. The molecule has 0 N–H and O–H groups in total. The van der Waals surface area contributed by atoms with Gasteiger partial charge in [0.1, 0.15) is 6.29 Å². The Labute approximate surface area is 107 Å². The van der Waals surface area contributed by atoms with Crippen LogP contribution in [0.1, 0.15) is 36.3 Å². The maximum Gasteiger partial charge on any atom is 0.120 e. The Morgan fingerprint density at radius 1 is 1.35 bits per heavy atom. The van der Waals surface area contributed by atoms with Gasteiger partial charge in [-0.25, -0.2) is 0 Å². The van der Waals surface area contributed by atoms with Crippen molar-refractivity contribution >= 4 is 17.9 Å². The van der Waals surface area contributed by atoms with Crippen LogP contribution in [0.3, 0.4) is 0 Å². The van der Waals surface area contributed by atoms with Crippen molar-refractivity contribution in [3.63, 3.8) is 0 Å². The van der Waals surface area contributed by atoms with Crippen LogP contribution >= 0.6 is 11.6 Å². The van der Waals surface area contributed by atoms with E-state index >= 15 is 0 Å². The molecule has 0 bridgehead atoms. The van der Waals surface area contributed by atoms with Crippen LogP contribution in [-0.2, 0) is 16.0 Å². The average Bonchev–Trinajstić information content (AvgIpc) is 2.37. The lowest BCUT2D eigenvalue weighted by atomic mass is 9.91. The van der Waals surface area contributed by atoms with Gasteiger partial charge in [-0.15, -0.1) is 0 Å². The van der Waals surface area contributed by atoms with Crippen molar-refractivity contribution in [3.8, 4) is 0 Å². The molecule has 1 aliphatic heterocycles. The first kappa shape index (κ1) is 12.6. The molecule has 0 aliphatic carbocycles. The first-order chi connectivity index (χ1) is 8.31. The van der Waals surface area contributed by atoms with E-state index in [1.54, 1.807) is 0 Å². The number of halogens is 1. The second-order valence-electron chi connectivity index (χ2n) is 4.45. The minimum absolute atomic E-state index is 0.524. The largest absolute Gasteiger partial charge is 0.381 e. The third kappa shape index (κ3) is 3.30. The zero-order valence-corrected chi connectivity index (χ0v) is 10.6. The number of hydrogen-bond donors (Lipinski definition) is 0. The quantitative estimate of drug-likeness (QED) is 0.768. The molecule has 0 spiro atoms. The van der Waals surface area contributed by atoms with Crippen LogP contribution in [0.2, 0.25) is 5.02 Å². The minimum atomic E-state index is 0.524. The lowest BCUT2D eigenvalue weighted by molar-refractivity contribution is -0.107. The van der Waals surface area contributed by atoms with E-state index in [0.717, 1.165) is 49.3 Å². The van der Waals surface area contributed by atoms with Gasteiger partial charge in [-0.1, -0.05) is 23.7 Å². The summed E-state index contributed by atoms with van der Waals surface area (Å²) in [6, 6.07) is 6.19. The summed E-state index contributed by atoms with van der Waals surface area (Å²) in [6.45, 7) is 1.65. The Morgan fingerprint density at radius 2 is 2.12 bits per heavy atom. The molecule has 0 atom stereocenters. The van der Waals surface area contributed by atoms with Crippen LogP contribution in [0.4, 0.5) is 0 Å². The van der Waals surface area contributed by atoms with Crippen molar-refractivity contribution in [2.45, 2.75) is 31.6 Å². The number of aldehydes is 1. The van der Waals surface area contributed by atoms with Crippen molar-refractivity contribution in [2.24, 2.45) is 0 Å². The third-order valence-electron chi connectivity index (χ3n) is 3.28. The van der Waals surface area contributed by atoms with Crippen molar-refractivity contribution in [1.29, 1.82) is 0 Å². The van der Waals surface area contributed by atoms with Gasteiger partial charge in [0.05, 0.1) is 0 Å². The Morgan fingerprint density at radius 3 is 2.76 bits per heavy atom. The molecule has 2 nitrogen and oxygen atoms in total. The summed E-state index contributed by atoms with van der Waals surface area (Å²) in [5, 5.41) is 0.834. The highest BCUT2D eigenvalue weighted by atomic mass is 35.5. The molecule has 1 heterocycles. The van der Waals surface area contributed by atoms with Gasteiger partial charge >= 0.3 is 0 Å². The molecular weight excluding hydrogens is 236 g/mol. The van der Waals surface area contributed by atoms with Gasteiger partial charge in [0.2, 0.25) is 0 Å². The topological polar surface area (TPSA) is 26.3 Å². The van der Waals surface area contributed by atoms with Gasteiger partial charge in [-0.3, -0.25) is 0 Å². The molecule has 1 aromatic rings. The third-order valence-corrected chi connectivity index (χ3v) is 3.60. The highest BCUT2D eigenvalue weighted by Crippen LogP contribution is 2.32. The molecule has 17 heavy (non-hydrogen) atoms. The molecule has 0 radical (unpaired) electrons. The predicted molar refractivity (Wildman–Crippen MR) is 68.6 cm³/mol. The van der Waals surface area contributed by atoms with Gasteiger partial charge in [0.25, 0.3) is 0 Å². The number of carbonyl (C=O) groups is 1. The zero-order chi connectivity index (χ0) is 12.1. The van der Waals surface area contributed by atoms with Crippen LogP contribution in [0.5, 0.6) is 0 Å². The first-order valence-corrected chi connectivity index (χ1v) is 6.49. The molecule has 1 fully saturated rings. The highest BCUT2D eigenvalue weighted by Gasteiger charge is 2.18. The Balaban J connectivity index is 2.10. The molecule has 2 rings (SSSR count). The fraction of sp³-hybridized carbons (Fsp3) is 0.500. The lowest BCUT2D eigenvalue weighted by Crippen LogP contribution is -2.14. The fourth-order valence-corrected chi connectivity index (χ4v) is 2.65. The normalized spacial score (nSPS) is 17.0. The Kier molecular flexibility index (Phi) is 4.57. The number of ether oxygens (including phenoxy) is 1. The maximum absolute atomic E-state index is 10.3. The smallest absolute Gasteiger partial charge is 0.120 e. The monoisotopic (exact) mass is 252 g/mol. The van der Waals surface area contributed by atoms with Crippen molar-refractivity contribution in [3.05, 3.63) is 34.3 Å². The molecule has 1 saturated heterocycles. The summed E-state index contributed by atoms with van der Waals surface area (Å²) < 4.78 is 5.36. The van der Waals surface area contributed by atoms with Crippen LogP contribution in [0.25, 0.3) is 0 Å². The van der Waals surface area contributed by atoms with E-state index in [1.165, 1.54) is 5.56 Å². The number of carbonyl (C=O) groups excluding carboxylic acids is 1. The highest BCUT2D eigenvalue weighted by molar-refractivity contribution is 6.31. The van der Waals surface area contributed by atoms with Crippen molar-refractivity contribution < 1.29 is 9.53 Å². The summed E-state index contributed by atoms with van der Waals surface area (Å²) in [6.07, 6.45) is 4.38. The van der Waals surface area contributed by atoms with Crippen LogP contribution in [-0.4, -0.2) is 19.5 Å². The van der Waals surface area contributed by atoms with Crippen LogP contribution < -0.4 is 0 Å². The number of aryl methyl sites for hydroxylation is 1. The standard InChI is InChI=1S/C14H17ClO2/c15-14-10-11(2-1-7-16)3-4-13(14)12-5-8-17-9-6-12/h3-4,7,10,12H,1-2,5-6,8-9H2. The number of benzene rings is 1.